The Morgan fingerprint density at radius 1 is 1.46 bits per heavy atom. The van der Waals surface area contributed by atoms with Crippen LogP contribution in [-0.2, 0) is 16.0 Å². The lowest BCUT2D eigenvalue weighted by Gasteiger charge is -2.13. The zero-order chi connectivity index (χ0) is 17.4. The molecule has 0 amide bonds. The van der Waals surface area contributed by atoms with Crippen molar-refractivity contribution >= 4 is 34.9 Å². The lowest BCUT2D eigenvalue weighted by Crippen LogP contribution is -2.12. The van der Waals surface area contributed by atoms with Crippen LogP contribution < -0.4 is 5.32 Å². The quantitative estimate of drug-likeness (QED) is 0.414. The van der Waals surface area contributed by atoms with Gasteiger partial charge in [-0.05, 0) is 24.3 Å². The van der Waals surface area contributed by atoms with E-state index in [4.69, 9.17) is 4.74 Å². The third-order valence-electron chi connectivity index (χ3n) is 3.09. The maximum absolute atomic E-state index is 11.5. The summed E-state index contributed by atoms with van der Waals surface area (Å²) in [5, 5.41) is 6.06. The van der Waals surface area contributed by atoms with E-state index in [2.05, 4.69) is 40.6 Å². The van der Waals surface area contributed by atoms with Crippen molar-refractivity contribution in [1.82, 2.24) is 9.97 Å². The highest BCUT2D eigenvalue weighted by Gasteiger charge is 2.11. The molecule has 1 N–H and O–H groups in total. The molecule has 0 spiro atoms. The number of rotatable bonds is 9. The molecule has 5 nitrogen and oxygen atoms in total. The zero-order valence-electron chi connectivity index (χ0n) is 14.2. The molecule has 0 aliphatic carbocycles. The van der Waals surface area contributed by atoms with Gasteiger partial charge in [0.25, 0.3) is 0 Å². The molecular weight excluding hydrogens is 342 g/mol. The number of aromatic nitrogens is 2. The average Bonchev–Trinajstić information content (AvgIpc) is 3.05. The van der Waals surface area contributed by atoms with Crippen molar-refractivity contribution in [3.8, 4) is 0 Å². The monoisotopic (exact) mass is 365 g/mol. The Balaban J connectivity index is 2.10. The Morgan fingerprint density at radius 2 is 2.29 bits per heavy atom. The van der Waals surface area contributed by atoms with Crippen LogP contribution in [0.25, 0.3) is 0 Å². The smallest absolute Gasteiger partial charge is 0.316 e. The summed E-state index contributed by atoms with van der Waals surface area (Å²) in [6.07, 6.45) is 2.66. The summed E-state index contributed by atoms with van der Waals surface area (Å²) in [5.41, 5.74) is 1.07. The lowest BCUT2D eigenvalue weighted by molar-refractivity contribution is -0.139. The number of thioether (sulfide) groups is 1. The number of carbonyl (C=O) groups excluding carboxylic acids is 1. The Morgan fingerprint density at radius 3 is 2.96 bits per heavy atom. The number of esters is 1. The summed E-state index contributed by atoms with van der Waals surface area (Å²) in [6.45, 7) is 7.34. The van der Waals surface area contributed by atoms with E-state index in [1.165, 1.54) is 16.6 Å². The number of hydrogen-bond donors (Lipinski definition) is 1. The van der Waals surface area contributed by atoms with Crippen LogP contribution in [0.2, 0.25) is 0 Å². The maximum atomic E-state index is 11.5. The van der Waals surface area contributed by atoms with Gasteiger partial charge in [0.2, 0.25) is 0 Å². The molecule has 2 heterocycles. The third-order valence-corrected chi connectivity index (χ3v) is 4.80. The van der Waals surface area contributed by atoms with Gasteiger partial charge in [-0.15, -0.1) is 11.3 Å². The molecule has 2 rings (SSSR count). The number of nitrogens with one attached hydrogen (secondary N) is 1. The summed E-state index contributed by atoms with van der Waals surface area (Å²) in [6, 6.07) is 4.16. The average molecular weight is 366 g/mol. The van der Waals surface area contributed by atoms with E-state index < -0.39 is 0 Å². The van der Waals surface area contributed by atoms with Crippen molar-refractivity contribution in [2.45, 2.75) is 32.3 Å². The van der Waals surface area contributed by atoms with Gasteiger partial charge in [-0.2, -0.15) is 0 Å². The maximum Gasteiger partial charge on any atom is 0.316 e. The number of ether oxygens (including phenoxy) is 1. The van der Waals surface area contributed by atoms with Crippen LogP contribution in [0.3, 0.4) is 0 Å². The fourth-order valence-corrected chi connectivity index (χ4v) is 3.31. The Bertz CT molecular complexity index is 645. The summed E-state index contributed by atoms with van der Waals surface area (Å²) >= 11 is 3.02. The molecule has 0 fully saturated rings. The van der Waals surface area contributed by atoms with Gasteiger partial charge in [-0.3, -0.25) is 4.79 Å². The minimum atomic E-state index is -0.245. The molecule has 130 valence electrons. The fraction of sp³-hybridized carbons (Fsp3) is 0.471. The second kappa shape index (κ2) is 9.64. The number of hydrogen-bond acceptors (Lipinski definition) is 7. The molecule has 0 aromatic carbocycles. The summed E-state index contributed by atoms with van der Waals surface area (Å²) in [4.78, 5) is 21.7. The molecule has 24 heavy (non-hydrogen) atoms. The molecular formula is C17H23N3O2S2. The standard InChI is InChI=1S/C17H23N3O2S2/c1-4-22-15(21)11-24-17-19-10-13(8-14-6-5-7-23-14)16(20-17)18-9-12(2)3/h5-7,10,12H,4,8-9,11H2,1-3H3,(H,18,19,20). The summed E-state index contributed by atoms with van der Waals surface area (Å²) in [5.74, 6) is 1.34. The first-order chi connectivity index (χ1) is 11.6. The molecule has 0 atom stereocenters. The first kappa shape index (κ1) is 18.7. The van der Waals surface area contributed by atoms with E-state index in [0.717, 1.165) is 24.3 Å². The molecule has 7 heteroatoms. The molecule has 0 aliphatic heterocycles. The summed E-state index contributed by atoms with van der Waals surface area (Å²) < 4.78 is 4.94. The second-order valence-corrected chi connectivity index (χ2v) is 7.63. The molecule has 0 radical (unpaired) electrons. The van der Waals surface area contributed by atoms with E-state index in [9.17, 15) is 4.79 Å². The van der Waals surface area contributed by atoms with Gasteiger partial charge in [0, 0.05) is 29.6 Å². The molecule has 0 unspecified atom stereocenters. The third kappa shape index (κ3) is 6.13. The van der Waals surface area contributed by atoms with Gasteiger partial charge >= 0.3 is 5.97 Å². The Kier molecular flexibility index (Phi) is 7.52. The van der Waals surface area contributed by atoms with E-state index >= 15 is 0 Å². The van der Waals surface area contributed by atoms with Crippen LogP contribution in [0.5, 0.6) is 0 Å². The SMILES string of the molecule is CCOC(=O)CSc1ncc(Cc2cccs2)c(NCC(C)C)n1. The van der Waals surface area contributed by atoms with E-state index in [1.807, 2.05) is 12.3 Å². The second-order valence-electron chi connectivity index (χ2n) is 5.65. The van der Waals surface area contributed by atoms with Crippen molar-refractivity contribution in [3.05, 3.63) is 34.2 Å². The Hall–Kier alpha value is -1.60. The van der Waals surface area contributed by atoms with Gasteiger partial charge in [0.1, 0.15) is 5.82 Å². The van der Waals surface area contributed by atoms with Gasteiger partial charge < -0.3 is 10.1 Å². The van der Waals surface area contributed by atoms with Crippen molar-refractivity contribution in [2.24, 2.45) is 5.92 Å². The molecule has 0 aliphatic rings. The summed E-state index contributed by atoms with van der Waals surface area (Å²) in [7, 11) is 0. The molecule has 2 aromatic rings. The number of anilines is 1. The van der Waals surface area contributed by atoms with Crippen LogP contribution in [-0.4, -0.2) is 34.8 Å². The van der Waals surface area contributed by atoms with E-state index in [0.29, 0.717) is 17.7 Å². The topological polar surface area (TPSA) is 64.1 Å². The number of carbonyl (C=O) groups is 1. The van der Waals surface area contributed by atoms with Gasteiger partial charge in [-0.25, -0.2) is 9.97 Å². The van der Waals surface area contributed by atoms with E-state index in [1.54, 1.807) is 18.3 Å². The molecule has 0 saturated carbocycles. The highest BCUT2D eigenvalue weighted by molar-refractivity contribution is 7.99. The molecule has 0 saturated heterocycles. The van der Waals surface area contributed by atoms with Crippen LogP contribution in [0.15, 0.2) is 28.9 Å². The minimum absolute atomic E-state index is 0.224. The van der Waals surface area contributed by atoms with Crippen LogP contribution in [0.4, 0.5) is 5.82 Å². The van der Waals surface area contributed by atoms with Gasteiger partial charge in [-0.1, -0.05) is 31.7 Å². The highest BCUT2D eigenvalue weighted by Crippen LogP contribution is 2.23. The highest BCUT2D eigenvalue weighted by atomic mass is 32.2. The zero-order valence-corrected chi connectivity index (χ0v) is 15.9. The normalized spacial score (nSPS) is 10.8. The van der Waals surface area contributed by atoms with Crippen molar-refractivity contribution in [2.75, 3.05) is 24.2 Å². The predicted molar refractivity (Wildman–Crippen MR) is 99.8 cm³/mol. The largest absolute Gasteiger partial charge is 0.465 e. The Labute approximate surface area is 151 Å². The van der Waals surface area contributed by atoms with Crippen LogP contribution in [0.1, 0.15) is 31.2 Å². The van der Waals surface area contributed by atoms with Crippen molar-refractivity contribution in [1.29, 1.82) is 0 Å². The number of thiophene rings is 1. The number of nitrogens with zero attached hydrogens (tertiary/aromatic N) is 2. The van der Waals surface area contributed by atoms with E-state index in [-0.39, 0.29) is 11.7 Å². The molecule has 0 bridgehead atoms. The van der Waals surface area contributed by atoms with Crippen molar-refractivity contribution in [3.63, 3.8) is 0 Å². The lowest BCUT2D eigenvalue weighted by atomic mass is 10.2. The predicted octanol–water partition coefficient (Wildman–Crippen LogP) is 3.85. The van der Waals surface area contributed by atoms with Crippen LogP contribution in [0, 0.1) is 5.92 Å². The van der Waals surface area contributed by atoms with Gasteiger partial charge in [0.05, 0.1) is 12.4 Å². The first-order valence-electron chi connectivity index (χ1n) is 7.99. The molecule has 2 aromatic heterocycles. The van der Waals surface area contributed by atoms with Gasteiger partial charge in [0.15, 0.2) is 5.16 Å². The van der Waals surface area contributed by atoms with Crippen molar-refractivity contribution < 1.29 is 9.53 Å². The fourth-order valence-electron chi connectivity index (χ4n) is 1.97. The minimum Gasteiger partial charge on any atom is -0.465 e. The van der Waals surface area contributed by atoms with Crippen LogP contribution >= 0.6 is 23.1 Å². The first-order valence-corrected chi connectivity index (χ1v) is 9.85.